The van der Waals surface area contributed by atoms with Crippen LogP contribution in [0.25, 0.3) is 0 Å². The molecule has 1 atom stereocenters. The van der Waals surface area contributed by atoms with Gasteiger partial charge in [0, 0.05) is 30.9 Å². The number of phenols is 2. The van der Waals surface area contributed by atoms with Gasteiger partial charge < -0.3 is 20.3 Å². The zero-order valence-electron chi connectivity index (χ0n) is 11.5. The number of hydrogen-bond donors (Lipinski definition) is 3. The number of ether oxygens (including phenoxy) is 1. The van der Waals surface area contributed by atoms with Gasteiger partial charge in [-0.05, 0) is 30.2 Å². The Morgan fingerprint density at radius 1 is 1.20 bits per heavy atom. The summed E-state index contributed by atoms with van der Waals surface area (Å²) in [6.07, 6.45) is 1.75. The van der Waals surface area contributed by atoms with Crippen LogP contribution in [-0.2, 0) is 6.54 Å². The van der Waals surface area contributed by atoms with Crippen molar-refractivity contribution in [3.8, 4) is 17.4 Å². The number of hydrogen-bond acceptors (Lipinski definition) is 5. The lowest BCUT2D eigenvalue weighted by atomic mass is 10.1. The van der Waals surface area contributed by atoms with Crippen LogP contribution in [0.5, 0.6) is 17.4 Å². The van der Waals surface area contributed by atoms with Gasteiger partial charge in [-0.25, -0.2) is 4.98 Å². The van der Waals surface area contributed by atoms with Crippen molar-refractivity contribution in [1.82, 2.24) is 10.3 Å². The van der Waals surface area contributed by atoms with Gasteiger partial charge in [0.25, 0.3) is 0 Å². The van der Waals surface area contributed by atoms with Crippen molar-refractivity contribution in [2.24, 2.45) is 0 Å². The van der Waals surface area contributed by atoms with Crippen molar-refractivity contribution in [2.75, 3.05) is 7.11 Å². The number of nitrogens with zero attached hydrogens (tertiary/aromatic N) is 1. The van der Waals surface area contributed by atoms with Gasteiger partial charge in [0.1, 0.15) is 11.5 Å². The Bertz CT molecular complexity index is 550. The molecule has 1 aromatic carbocycles. The molecule has 1 unspecified atom stereocenters. The molecule has 0 saturated carbocycles. The van der Waals surface area contributed by atoms with Crippen molar-refractivity contribution in [3.05, 3.63) is 47.7 Å². The molecule has 0 aliphatic heterocycles. The van der Waals surface area contributed by atoms with Gasteiger partial charge in [0.05, 0.1) is 7.11 Å². The van der Waals surface area contributed by atoms with Gasteiger partial charge in [0.2, 0.25) is 5.88 Å². The maximum Gasteiger partial charge on any atom is 0.212 e. The minimum absolute atomic E-state index is 0.00454. The summed E-state index contributed by atoms with van der Waals surface area (Å²) in [5.74, 6) is 0.694. The molecule has 2 aromatic rings. The second-order valence-corrected chi connectivity index (χ2v) is 4.59. The fourth-order valence-electron chi connectivity index (χ4n) is 1.89. The summed E-state index contributed by atoms with van der Waals surface area (Å²) in [7, 11) is 1.58. The van der Waals surface area contributed by atoms with E-state index in [9.17, 15) is 10.2 Å². The fourth-order valence-corrected chi connectivity index (χ4v) is 1.89. The van der Waals surface area contributed by atoms with Crippen LogP contribution in [0.3, 0.4) is 0 Å². The second-order valence-electron chi connectivity index (χ2n) is 4.59. The Hall–Kier alpha value is -2.27. The quantitative estimate of drug-likeness (QED) is 0.780. The highest BCUT2D eigenvalue weighted by Crippen LogP contribution is 2.24. The highest BCUT2D eigenvalue weighted by Gasteiger charge is 2.08. The molecule has 0 saturated heterocycles. The average molecular weight is 274 g/mol. The van der Waals surface area contributed by atoms with E-state index in [0.29, 0.717) is 12.4 Å². The highest BCUT2D eigenvalue weighted by atomic mass is 16.5. The van der Waals surface area contributed by atoms with Gasteiger partial charge in [-0.15, -0.1) is 0 Å². The molecule has 3 N–H and O–H groups in total. The van der Waals surface area contributed by atoms with Crippen molar-refractivity contribution >= 4 is 0 Å². The Labute approximate surface area is 117 Å². The van der Waals surface area contributed by atoms with E-state index in [2.05, 4.69) is 10.3 Å². The molecule has 0 aliphatic rings. The lowest BCUT2D eigenvalue weighted by molar-refractivity contribution is 0.397. The van der Waals surface area contributed by atoms with E-state index in [1.807, 2.05) is 19.1 Å². The summed E-state index contributed by atoms with van der Waals surface area (Å²) in [4.78, 5) is 4.13. The molecule has 5 heteroatoms. The van der Waals surface area contributed by atoms with E-state index in [4.69, 9.17) is 4.74 Å². The molecule has 2 rings (SSSR count). The summed E-state index contributed by atoms with van der Waals surface area (Å²) >= 11 is 0. The third-order valence-electron chi connectivity index (χ3n) is 3.04. The van der Waals surface area contributed by atoms with Crippen LogP contribution in [0.15, 0.2) is 36.5 Å². The Balaban J connectivity index is 1.98. The molecule has 1 heterocycles. The largest absolute Gasteiger partial charge is 0.508 e. The van der Waals surface area contributed by atoms with Crippen LogP contribution in [0.2, 0.25) is 0 Å². The monoisotopic (exact) mass is 274 g/mol. The van der Waals surface area contributed by atoms with E-state index in [0.717, 1.165) is 11.1 Å². The third kappa shape index (κ3) is 3.61. The molecule has 0 bridgehead atoms. The molecule has 0 aliphatic carbocycles. The SMILES string of the molecule is COc1ccc(CNC(C)c2cc(O)cc(O)c2)cn1. The topological polar surface area (TPSA) is 74.6 Å². The highest BCUT2D eigenvalue weighted by molar-refractivity contribution is 5.38. The smallest absolute Gasteiger partial charge is 0.212 e. The molecular formula is C15H18N2O3. The normalized spacial score (nSPS) is 12.1. The van der Waals surface area contributed by atoms with Crippen LogP contribution in [0.1, 0.15) is 24.1 Å². The molecule has 1 aromatic heterocycles. The second kappa shape index (κ2) is 6.25. The van der Waals surface area contributed by atoms with E-state index in [1.54, 1.807) is 25.4 Å². The first-order valence-corrected chi connectivity index (χ1v) is 6.33. The Morgan fingerprint density at radius 3 is 2.45 bits per heavy atom. The number of pyridine rings is 1. The van der Waals surface area contributed by atoms with E-state index >= 15 is 0 Å². The summed E-state index contributed by atoms with van der Waals surface area (Å²) in [6, 6.07) is 8.31. The number of aromatic hydroxyl groups is 2. The molecule has 0 spiro atoms. The summed E-state index contributed by atoms with van der Waals surface area (Å²) in [5.41, 5.74) is 1.85. The van der Waals surface area contributed by atoms with Crippen LogP contribution in [0, 0.1) is 0 Å². The first kappa shape index (κ1) is 14.1. The minimum Gasteiger partial charge on any atom is -0.508 e. The predicted octanol–water partition coefficient (Wildman–Crippen LogP) is 2.35. The number of benzene rings is 1. The summed E-state index contributed by atoms with van der Waals surface area (Å²) in [5, 5.41) is 22.3. The lowest BCUT2D eigenvalue weighted by Crippen LogP contribution is -2.18. The molecule has 0 radical (unpaired) electrons. The Kier molecular flexibility index (Phi) is 4.42. The van der Waals surface area contributed by atoms with Crippen LogP contribution >= 0.6 is 0 Å². The zero-order chi connectivity index (χ0) is 14.5. The minimum atomic E-state index is -0.00454. The number of nitrogens with one attached hydrogen (secondary N) is 1. The zero-order valence-corrected chi connectivity index (χ0v) is 11.5. The molecule has 5 nitrogen and oxygen atoms in total. The number of methoxy groups -OCH3 is 1. The molecule has 0 fully saturated rings. The van der Waals surface area contributed by atoms with Crippen molar-refractivity contribution < 1.29 is 14.9 Å². The van der Waals surface area contributed by atoms with Gasteiger partial charge in [-0.1, -0.05) is 6.07 Å². The average Bonchev–Trinajstić information content (AvgIpc) is 2.44. The van der Waals surface area contributed by atoms with Crippen LogP contribution in [0.4, 0.5) is 0 Å². The maximum atomic E-state index is 9.47. The first-order valence-electron chi connectivity index (χ1n) is 6.33. The van der Waals surface area contributed by atoms with Crippen molar-refractivity contribution in [3.63, 3.8) is 0 Å². The van der Waals surface area contributed by atoms with Gasteiger partial charge in [-0.2, -0.15) is 0 Å². The van der Waals surface area contributed by atoms with Gasteiger partial charge in [0.15, 0.2) is 0 Å². The van der Waals surface area contributed by atoms with E-state index in [1.165, 1.54) is 6.07 Å². The lowest BCUT2D eigenvalue weighted by Gasteiger charge is -2.15. The Morgan fingerprint density at radius 2 is 1.90 bits per heavy atom. The first-order chi connectivity index (χ1) is 9.58. The molecule has 106 valence electrons. The number of rotatable bonds is 5. The number of phenolic OH excluding ortho intramolecular Hbond substituents is 2. The van der Waals surface area contributed by atoms with Gasteiger partial charge in [-0.3, -0.25) is 0 Å². The molecular weight excluding hydrogens is 256 g/mol. The third-order valence-corrected chi connectivity index (χ3v) is 3.04. The van der Waals surface area contributed by atoms with Crippen LogP contribution < -0.4 is 10.1 Å². The summed E-state index contributed by atoms with van der Waals surface area (Å²) in [6.45, 7) is 2.60. The van der Waals surface area contributed by atoms with Crippen LogP contribution in [-0.4, -0.2) is 22.3 Å². The van der Waals surface area contributed by atoms with Gasteiger partial charge >= 0.3 is 0 Å². The van der Waals surface area contributed by atoms with E-state index < -0.39 is 0 Å². The summed E-state index contributed by atoms with van der Waals surface area (Å²) < 4.78 is 5.00. The van der Waals surface area contributed by atoms with Crippen molar-refractivity contribution in [2.45, 2.75) is 19.5 Å². The van der Waals surface area contributed by atoms with E-state index in [-0.39, 0.29) is 17.5 Å². The van der Waals surface area contributed by atoms with Crippen molar-refractivity contribution in [1.29, 1.82) is 0 Å². The standard InChI is InChI=1S/C15H18N2O3/c1-10(12-5-13(18)7-14(19)6-12)16-8-11-3-4-15(20-2)17-9-11/h3-7,9-10,16,18-19H,8H2,1-2H3. The maximum absolute atomic E-state index is 9.47. The predicted molar refractivity (Wildman–Crippen MR) is 75.8 cm³/mol. The fraction of sp³-hybridized carbons (Fsp3) is 0.267. The molecule has 0 amide bonds. The number of aromatic nitrogens is 1. The molecule has 20 heavy (non-hydrogen) atoms.